The van der Waals surface area contributed by atoms with Gasteiger partial charge in [-0.1, -0.05) is 26.7 Å². The fraction of sp³-hybridized carbons (Fsp3) is 0.933. The molecule has 18 heavy (non-hydrogen) atoms. The summed E-state index contributed by atoms with van der Waals surface area (Å²) >= 11 is 0. The first kappa shape index (κ1) is 15.5. The van der Waals surface area contributed by atoms with Crippen molar-refractivity contribution in [3.63, 3.8) is 0 Å². The Hall–Kier alpha value is -0.570. The summed E-state index contributed by atoms with van der Waals surface area (Å²) in [5.74, 6) is -0.00699. The lowest BCUT2D eigenvalue weighted by Crippen LogP contribution is -2.28. The summed E-state index contributed by atoms with van der Waals surface area (Å²) in [6.07, 6.45) is 9.37. The number of rotatable bonds is 7. The second kappa shape index (κ2) is 7.78. The van der Waals surface area contributed by atoms with Crippen LogP contribution in [0, 0.1) is 5.41 Å². The third kappa shape index (κ3) is 6.39. The van der Waals surface area contributed by atoms with E-state index in [1.165, 1.54) is 12.8 Å². The summed E-state index contributed by atoms with van der Waals surface area (Å²) in [5.41, 5.74) is 5.86. The lowest BCUT2D eigenvalue weighted by molar-refractivity contribution is -0.151. The van der Waals surface area contributed by atoms with E-state index in [1.807, 2.05) is 0 Å². The molecule has 0 aromatic rings. The van der Waals surface area contributed by atoms with Crippen LogP contribution in [0.2, 0.25) is 0 Å². The van der Waals surface area contributed by atoms with E-state index in [1.54, 1.807) is 0 Å². The monoisotopic (exact) mass is 255 g/mol. The third-order valence-corrected chi connectivity index (χ3v) is 3.92. The summed E-state index contributed by atoms with van der Waals surface area (Å²) in [5, 5.41) is 0. The normalized spacial score (nSPS) is 19.7. The minimum absolute atomic E-state index is 0.00699. The van der Waals surface area contributed by atoms with E-state index >= 15 is 0 Å². The van der Waals surface area contributed by atoms with Crippen molar-refractivity contribution in [3.8, 4) is 0 Å². The zero-order valence-corrected chi connectivity index (χ0v) is 12.0. The SMILES string of the molecule is CC1(C)CCC(OC(=O)CCCCCCN)CC1. The molecule has 1 fully saturated rings. The van der Waals surface area contributed by atoms with Crippen LogP contribution in [0.3, 0.4) is 0 Å². The van der Waals surface area contributed by atoms with Crippen LogP contribution in [-0.4, -0.2) is 18.6 Å². The number of carbonyl (C=O) groups is 1. The van der Waals surface area contributed by atoms with E-state index in [0.717, 1.165) is 45.1 Å². The molecule has 1 aliphatic carbocycles. The van der Waals surface area contributed by atoms with Crippen LogP contribution in [-0.2, 0) is 9.53 Å². The Morgan fingerprint density at radius 3 is 2.39 bits per heavy atom. The number of unbranched alkanes of at least 4 members (excludes halogenated alkanes) is 3. The summed E-state index contributed by atoms with van der Waals surface area (Å²) in [4.78, 5) is 11.7. The second-order valence-corrected chi connectivity index (χ2v) is 6.31. The van der Waals surface area contributed by atoms with Crippen molar-refractivity contribution in [1.29, 1.82) is 0 Å². The average molecular weight is 255 g/mol. The summed E-state index contributed by atoms with van der Waals surface area (Å²) < 4.78 is 5.53. The highest BCUT2D eigenvalue weighted by molar-refractivity contribution is 5.69. The van der Waals surface area contributed by atoms with Crippen molar-refractivity contribution in [1.82, 2.24) is 0 Å². The minimum Gasteiger partial charge on any atom is -0.462 e. The van der Waals surface area contributed by atoms with Crippen LogP contribution in [0.4, 0.5) is 0 Å². The van der Waals surface area contributed by atoms with Gasteiger partial charge in [-0.15, -0.1) is 0 Å². The topological polar surface area (TPSA) is 52.3 Å². The molecular weight excluding hydrogens is 226 g/mol. The molecule has 3 heteroatoms. The Balaban J connectivity index is 2.06. The van der Waals surface area contributed by atoms with Gasteiger partial charge in [-0.3, -0.25) is 4.79 Å². The maximum absolute atomic E-state index is 11.7. The van der Waals surface area contributed by atoms with Crippen LogP contribution in [0.25, 0.3) is 0 Å². The molecule has 3 nitrogen and oxygen atoms in total. The van der Waals surface area contributed by atoms with Crippen LogP contribution in [0.1, 0.15) is 71.6 Å². The van der Waals surface area contributed by atoms with Crippen LogP contribution in [0.15, 0.2) is 0 Å². The molecule has 1 rings (SSSR count). The molecule has 106 valence electrons. The average Bonchev–Trinajstić information content (AvgIpc) is 2.32. The maximum atomic E-state index is 11.7. The summed E-state index contributed by atoms with van der Waals surface area (Å²) in [7, 11) is 0. The Morgan fingerprint density at radius 2 is 1.78 bits per heavy atom. The van der Waals surface area contributed by atoms with Gasteiger partial charge in [0, 0.05) is 6.42 Å². The molecule has 0 spiro atoms. The largest absolute Gasteiger partial charge is 0.462 e. The highest BCUT2D eigenvalue weighted by atomic mass is 16.5. The summed E-state index contributed by atoms with van der Waals surface area (Å²) in [6.45, 7) is 5.34. The Kier molecular flexibility index (Phi) is 6.69. The lowest BCUT2D eigenvalue weighted by atomic mass is 9.76. The number of nitrogens with two attached hydrogens (primary N) is 1. The molecule has 0 radical (unpaired) electrons. The van der Waals surface area contributed by atoms with E-state index in [9.17, 15) is 4.79 Å². The van der Waals surface area contributed by atoms with Crippen LogP contribution in [0.5, 0.6) is 0 Å². The molecule has 0 saturated heterocycles. The zero-order valence-electron chi connectivity index (χ0n) is 12.0. The van der Waals surface area contributed by atoms with Crippen molar-refractivity contribution >= 4 is 5.97 Å². The first-order chi connectivity index (χ1) is 8.53. The number of carbonyl (C=O) groups excluding carboxylic acids is 1. The lowest BCUT2D eigenvalue weighted by Gasteiger charge is -2.33. The Labute approximate surface area is 111 Å². The smallest absolute Gasteiger partial charge is 0.306 e. The molecule has 0 aromatic carbocycles. The molecule has 0 aromatic heterocycles. The van der Waals surface area contributed by atoms with Gasteiger partial charge in [-0.25, -0.2) is 0 Å². The molecular formula is C15H29NO2. The van der Waals surface area contributed by atoms with E-state index in [-0.39, 0.29) is 12.1 Å². The van der Waals surface area contributed by atoms with Gasteiger partial charge in [0.15, 0.2) is 0 Å². The minimum atomic E-state index is -0.00699. The van der Waals surface area contributed by atoms with Gasteiger partial charge in [-0.05, 0) is 50.5 Å². The van der Waals surface area contributed by atoms with Gasteiger partial charge in [-0.2, -0.15) is 0 Å². The molecule has 0 amide bonds. The first-order valence-electron chi connectivity index (χ1n) is 7.43. The van der Waals surface area contributed by atoms with E-state index < -0.39 is 0 Å². The van der Waals surface area contributed by atoms with E-state index in [4.69, 9.17) is 10.5 Å². The molecule has 1 saturated carbocycles. The standard InChI is InChI=1S/C15H29NO2/c1-15(2)10-8-13(9-11-15)18-14(17)7-5-3-4-6-12-16/h13H,3-12,16H2,1-2H3. The molecule has 0 atom stereocenters. The molecule has 0 bridgehead atoms. The zero-order chi connectivity index (χ0) is 13.4. The highest BCUT2D eigenvalue weighted by Gasteiger charge is 2.28. The maximum Gasteiger partial charge on any atom is 0.306 e. The van der Waals surface area contributed by atoms with Crippen molar-refractivity contribution < 1.29 is 9.53 Å². The van der Waals surface area contributed by atoms with Crippen LogP contribution >= 0.6 is 0 Å². The van der Waals surface area contributed by atoms with Crippen molar-refractivity contribution in [2.24, 2.45) is 11.1 Å². The number of hydrogen-bond donors (Lipinski definition) is 1. The van der Waals surface area contributed by atoms with Crippen molar-refractivity contribution in [2.75, 3.05) is 6.54 Å². The predicted molar refractivity (Wildman–Crippen MR) is 74.3 cm³/mol. The van der Waals surface area contributed by atoms with Gasteiger partial charge >= 0.3 is 5.97 Å². The number of hydrogen-bond acceptors (Lipinski definition) is 3. The highest BCUT2D eigenvalue weighted by Crippen LogP contribution is 2.36. The van der Waals surface area contributed by atoms with Crippen molar-refractivity contribution in [3.05, 3.63) is 0 Å². The predicted octanol–water partition coefficient (Wildman–Crippen LogP) is 3.41. The Bertz CT molecular complexity index is 241. The Morgan fingerprint density at radius 1 is 1.17 bits per heavy atom. The fourth-order valence-electron chi connectivity index (χ4n) is 2.50. The molecule has 0 aliphatic heterocycles. The number of ether oxygens (including phenoxy) is 1. The van der Waals surface area contributed by atoms with Gasteiger partial charge < -0.3 is 10.5 Å². The molecule has 2 N–H and O–H groups in total. The van der Waals surface area contributed by atoms with Gasteiger partial charge in [0.25, 0.3) is 0 Å². The number of esters is 1. The van der Waals surface area contributed by atoms with E-state index in [0.29, 0.717) is 11.8 Å². The van der Waals surface area contributed by atoms with Gasteiger partial charge in [0.2, 0.25) is 0 Å². The third-order valence-electron chi connectivity index (χ3n) is 3.92. The second-order valence-electron chi connectivity index (χ2n) is 6.31. The molecule has 1 aliphatic rings. The summed E-state index contributed by atoms with van der Waals surface area (Å²) in [6, 6.07) is 0. The quantitative estimate of drug-likeness (QED) is 0.560. The van der Waals surface area contributed by atoms with Crippen LogP contribution < -0.4 is 5.73 Å². The first-order valence-corrected chi connectivity index (χ1v) is 7.43. The fourth-order valence-corrected chi connectivity index (χ4v) is 2.50. The molecule has 0 heterocycles. The van der Waals surface area contributed by atoms with E-state index in [2.05, 4.69) is 13.8 Å². The molecule has 0 unspecified atom stereocenters. The van der Waals surface area contributed by atoms with Crippen molar-refractivity contribution in [2.45, 2.75) is 77.7 Å². The van der Waals surface area contributed by atoms with Gasteiger partial charge in [0.1, 0.15) is 6.10 Å². The van der Waals surface area contributed by atoms with Gasteiger partial charge in [0.05, 0.1) is 0 Å².